The largest absolute Gasteiger partial charge is 0.496 e. The van der Waals surface area contributed by atoms with Crippen LogP contribution in [0.2, 0.25) is 0 Å². The fourth-order valence-electron chi connectivity index (χ4n) is 2.13. The molecule has 5 heteroatoms. The monoisotopic (exact) mass is 389 g/mol. The number of aliphatic imine (C=N–C) groups is 1. The highest BCUT2D eigenvalue weighted by molar-refractivity contribution is 14.0. The molecule has 0 aliphatic heterocycles. The van der Waals surface area contributed by atoms with E-state index in [0.29, 0.717) is 6.04 Å². The standard InChI is InChI=1S/C15H23N3O.HI/c1-10-8-13(10)18-15(16-3)17-9-12-5-6-14(19-4)11(2)7-12;/h5-7,10,13H,8-9H2,1-4H3,(H2,16,17,18);1H. The molecule has 0 amide bonds. The maximum Gasteiger partial charge on any atom is 0.191 e. The fraction of sp³-hybridized carbons (Fsp3) is 0.533. The first-order chi connectivity index (χ1) is 9.13. The second-order valence-corrected chi connectivity index (χ2v) is 5.19. The lowest BCUT2D eigenvalue weighted by Gasteiger charge is -2.12. The third kappa shape index (κ3) is 4.54. The zero-order chi connectivity index (χ0) is 13.8. The molecule has 1 aromatic rings. The molecule has 0 spiro atoms. The van der Waals surface area contributed by atoms with Crippen LogP contribution in [0.25, 0.3) is 0 Å². The van der Waals surface area contributed by atoms with Crippen molar-refractivity contribution >= 4 is 29.9 Å². The highest BCUT2D eigenvalue weighted by atomic mass is 127. The molecule has 1 aliphatic carbocycles. The van der Waals surface area contributed by atoms with Crippen LogP contribution >= 0.6 is 24.0 Å². The van der Waals surface area contributed by atoms with Gasteiger partial charge in [0.2, 0.25) is 0 Å². The lowest BCUT2D eigenvalue weighted by atomic mass is 10.1. The van der Waals surface area contributed by atoms with Crippen LogP contribution in [0.3, 0.4) is 0 Å². The Bertz CT molecular complexity index is 476. The van der Waals surface area contributed by atoms with Crippen molar-refractivity contribution in [2.45, 2.75) is 32.9 Å². The summed E-state index contributed by atoms with van der Waals surface area (Å²) >= 11 is 0. The molecule has 0 bridgehead atoms. The SMILES string of the molecule is CN=C(NCc1ccc(OC)c(C)c1)NC1CC1C.I. The van der Waals surface area contributed by atoms with Crippen molar-refractivity contribution in [1.29, 1.82) is 0 Å². The van der Waals surface area contributed by atoms with Crippen molar-refractivity contribution in [3.8, 4) is 5.75 Å². The fourth-order valence-corrected chi connectivity index (χ4v) is 2.13. The van der Waals surface area contributed by atoms with Gasteiger partial charge in [-0.05, 0) is 36.5 Å². The molecular weight excluding hydrogens is 365 g/mol. The van der Waals surface area contributed by atoms with Gasteiger partial charge < -0.3 is 15.4 Å². The third-order valence-corrected chi connectivity index (χ3v) is 3.57. The molecule has 2 atom stereocenters. The molecular formula is C15H24IN3O. The van der Waals surface area contributed by atoms with Crippen molar-refractivity contribution in [3.63, 3.8) is 0 Å². The molecule has 1 aromatic carbocycles. The average Bonchev–Trinajstić information content (AvgIpc) is 3.10. The summed E-state index contributed by atoms with van der Waals surface area (Å²) in [6.07, 6.45) is 1.24. The van der Waals surface area contributed by atoms with Crippen LogP contribution < -0.4 is 15.4 Å². The lowest BCUT2D eigenvalue weighted by Crippen LogP contribution is -2.38. The van der Waals surface area contributed by atoms with Crippen molar-refractivity contribution in [1.82, 2.24) is 10.6 Å². The minimum absolute atomic E-state index is 0. The molecule has 0 heterocycles. The van der Waals surface area contributed by atoms with Crippen molar-refractivity contribution in [3.05, 3.63) is 29.3 Å². The summed E-state index contributed by atoms with van der Waals surface area (Å²) in [6.45, 7) is 5.07. The molecule has 0 radical (unpaired) electrons. The summed E-state index contributed by atoms with van der Waals surface area (Å²) in [6, 6.07) is 6.81. The van der Waals surface area contributed by atoms with E-state index in [9.17, 15) is 0 Å². The van der Waals surface area contributed by atoms with Gasteiger partial charge in [-0.1, -0.05) is 19.1 Å². The Morgan fingerprint density at radius 3 is 2.65 bits per heavy atom. The Kier molecular flexibility index (Phi) is 6.58. The summed E-state index contributed by atoms with van der Waals surface area (Å²) in [4.78, 5) is 4.24. The number of nitrogens with zero attached hydrogens (tertiary/aromatic N) is 1. The summed E-state index contributed by atoms with van der Waals surface area (Å²) in [5.74, 6) is 2.57. The molecule has 1 fully saturated rings. The molecule has 0 aromatic heterocycles. The Balaban J connectivity index is 0.00000200. The van der Waals surface area contributed by atoms with Crippen molar-refractivity contribution in [2.75, 3.05) is 14.2 Å². The van der Waals surface area contributed by atoms with E-state index < -0.39 is 0 Å². The van der Waals surface area contributed by atoms with Gasteiger partial charge in [-0.25, -0.2) is 0 Å². The van der Waals surface area contributed by atoms with Gasteiger partial charge in [0.05, 0.1) is 7.11 Å². The topological polar surface area (TPSA) is 45.7 Å². The van der Waals surface area contributed by atoms with E-state index in [1.165, 1.54) is 12.0 Å². The molecule has 20 heavy (non-hydrogen) atoms. The number of benzene rings is 1. The Hall–Kier alpha value is -0.980. The number of hydrogen-bond donors (Lipinski definition) is 2. The van der Waals surface area contributed by atoms with E-state index >= 15 is 0 Å². The van der Waals surface area contributed by atoms with Crippen LogP contribution in [0.5, 0.6) is 5.75 Å². The summed E-state index contributed by atoms with van der Waals surface area (Å²) in [5, 5.41) is 6.75. The minimum atomic E-state index is 0. The first-order valence-electron chi connectivity index (χ1n) is 6.74. The Labute approximate surface area is 138 Å². The predicted molar refractivity (Wildman–Crippen MR) is 94.0 cm³/mol. The molecule has 0 saturated heterocycles. The van der Waals surface area contributed by atoms with Gasteiger partial charge in [0.15, 0.2) is 5.96 Å². The highest BCUT2D eigenvalue weighted by Gasteiger charge is 2.33. The summed E-state index contributed by atoms with van der Waals surface area (Å²) < 4.78 is 5.26. The van der Waals surface area contributed by atoms with Gasteiger partial charge in [-0.15, -0.1) is 24.0 Å². The van der Waals surface area contributed by atoms with Gasteiger partial charge in [-0.3, -0.25) is 4.99 Å². The Morgan fingerprint density at radius 2 is 2.15 bits per heavy atom. The van der Waals surface area contributed by atoms with E-state index in [2.05, 4.69) is 41.6 Å². The second kappa shape index (κ2) is 7.71. The molecule has 2 rings (SSSR count). The van der Waals surface area contributed by atoms with E-state index in [1.807, 2.05) is 13.1 Å². The number of guanidine groups is 1. The molecule has 2 unspecified atom stereocenters. The van der Waals surface area contributed by atoms with Crippen LogP contribution in [-0.4, -0.2) is 26.2 Å². The highest BCUT2D eigenvalue weighted by Crippen LogP contribution is 2.28. The van der Waals surface area contributed by atoms with Gasteiger partial charge >= 0.3 is 0 Å². The molecule has 1 aliphatic rings. The van der Waals surface area contributed by atoms with E-state index in [4.69, 9.17) is 4.74 Å². The van der Waals surface area contributed by atoms with Gasteiger partial charge in [-0.2, -0.15) is 0 Å². The van der Waals surface area contributed by atoms with Crippen LogP contribution in [-0.2, 0) is 6.54 Å². The maximum absolute atomic E-state index is 5.26. The van der Waals surface area contributed by atoms with Crippen molar-refractivity contribution < 1.29 is 4.74 Å². The number of methoxy groups -OCH3 is 1. The quantitative estimate of drug-likeness (QED) is 0.473. The van der Waals surface area contributed by atoms with E-state index in [-0.39, 0.29) is 24.0 Å². The zero-order valence-corrected chi connectivity index (χ0v) is 14.9. The molecule has 4 nitrogen and oxygen atoms in total. The lowest BCUT2D eigenvalue weighted by molar-refractivity contribution is 0.411. The smallest absolute Gasteiger partial charge is 0.191 e. The number of halogens is 1. The van der Waals surface area contributed by atoms with E-state index in [0.717, 1.165) is 29.7 Å². The third-order valence-electron chi connectivity index (χ3n) is 3.57. The van der Waals surface area contributed by atoms with Crippen LogP contribution in [0.4, 0.5) is 0 Å². The first kappa shape index (κ1) is 17.1. The number of aryl methyl sites for hydroxylation is 1. The summed E-state index contributed by atoms with van der Waals surface area (Å²) in [7, 11) is 3.50. The number of nitrogens with one attached hydrogen (secondary N) is 2. The maximum atomic E-state index is 5.26. The Morgan fingerprint density at radius 1 is 1.45 bits per heavy atom. The number of hydrogen-bond acceptors (Lipinski definition) is 2. The molecule has 2 N–H and O–H groups in total. The van der Waals surface area contributed by atoms with Crippen LogP contribution in [0.15, 0.2) is 23.2 Å². The van der Waals surface area contributed by atoms with Gasteiger partial charge in [0.1, 0.15) is 5.75 Å². The van der Waals surface area contributed by atoms with Gasteiger partial charge in [0.25, 0.3) is 0 Å². The minimum Gasteiger partial charge on any atom is -0.496 e. The normalized spacial score (nSPS) is 20.9. The second-order valence-electron chi connectivity index (χ2n) is 5.19. The number of ether oxygens (including phenoxy) is 1. The van der Waals surface area contributed by atoms with Gasteiger partial charge in [0, 0.05) is 19.6 Å². The average molecular weight is 389 g/mol. The van der Waals surface area contributed by atoms with Crippen molar-refractivity contribution in [2.24, 2.45) is 10.9 Å². The zero-order valence-electron chi connectivity index (χ0n) is 12.6. The predicted octanol–water partition coefficient (Wildman–Crippen LogP) is 2.70. The first-order valence-corrected chi connectivity index (χ1v) is 6.74. The summed E-state index contributed by atoms with van der Waals surface area (Å²) in [5.41, 5.74) is 2.38. The molecule has 112 valence electrons. The molecule has 1 saturated carbocycles. The van der Waals surface area contributed by atoms with Crippen LogP contribution in [0.1, 0.15) is 24.5 Å². The van der Waals surface area contributed by atoms with E-state index in [1.54, 1.807) is 7.11 Å². The van der Waals surface area contributed by atoms with Crippen LogP contribution in [0, 0.1) is 12.8 Å². The number of rotatable bonds is 4.